The molecule has 2 aromatic rings. The van der Waals surface area contributed by atoms with E-state index in [0.717, 1.165) is 6.42 Å². The third-order valence-electron chi connectivity index (χ3n) is 4.66. The second-order valence-electron chi connectivity index (χ2n) is 6.38. The summed E-state index contributed by atoms with van der Waals surface area (Å²) in [5.74, 6) is 0.289. The maximum Gasteiger partial charge on any atom is 0.248 e. The van der Waals surface area contributed by atoms with Crippen molar-refractivity contribution in [3.05, 3.63) is 71.8 Å². The zero-order chi connectivity index (χ0) is 17.5. The topological polar surface area (TPSA) is 38.8 Å². The first-order valence-corrected chi connectivity index (χ1v) is 8.76. The van der Waals surface area contributed by atoms with E-state index in [1.807, 2.05) is 17.0 Å². The SMILES string of the molecule is COCC(=O)N1CCO[C@@H](CC(c2ccccc2)c2ccccc2)C1. The Hall–Kier alpha value is -2.17. The smallest absolute Gasteiger partial charge is 0.248 e. The fraction of sp³-hybridized carbons (Fsp3) is 0.381. The Bertz CT molecular complexity index is 620. The fourth-order valence-electron chi connectivity index (χ4n) is 3.40. The van der Waals surface area contributed by atoms with E-state index in [1.165, 1.54) is 11.1 Å². The van der Waals surface area contributed by atoms with Crippen molar-refractivity contribution >= 4 is 5.91 Å². The Morgan fingerprint density at radius 1 is 1.12 bits per heavy atom. The van der Waals surface area contributed by atoms with Gasteiger partial charge in [-0.25, -0.2) is 0 Å². The Morgan fingerprint density at radius 2 is 1.72 bits per heavy atom. The van der Waals surface area contributed by atoms with Crippen molar-refractivity contribution in [1.29, 1.82) is 0 Å². The van der Waals surface area contributed by atoms with Gasteiger partial charge in [-0.1, -0.05) is 60.7 Å². The number of morpholine rings is 1. The normalized spacial score (nSPS) is 17.7. The lowest BCUT2D eigenvalue weighted by molar-refractivity contribution is -0.142. The molecular weight excluding hydrogens is 314 g/mol. The van der Waals surface area contributed by atoms with E-state index in [2.05, 4.69) is 48.5 Å². The lowest BCUT2D eigenvalue weighted by atomic mass is 9.86. The molecule has 0 bridgehead atoms. The molecule has 1 amide bonds. The average molecular weight is 339 g/mol. The first-order chi connectivity index (χ1) is 12.3. The second-order valence-corrected chi connectivity index (χ2v) is 6.38. The Labute approximate surface area is 149 Å². The molecule has 1 aliphatic heterocycles. The molecule has 132 valence electrons. The number of amides is 1. The Morgan fingerprint density at radius 3 is 2.28 bits per heavy atom. The highest BCUT2D eigenvalue weighted by molar-refractivity contribution is 5.77. The average Bonchev–Trinajstić information content (AvgIpc) is 2.68. The van der Waals surface area contributed by atoms with Crippen LogP contribution in [0.2, 0.25) is 0 Å². The number of carbonyl (C=O) groups excluding carboxylic acids is 1. The van der Waals surface area contributed by atoms with Crippen LogP contribution in [0.4, 0.5) is 0 Å². The van der Waals surface area contributed by atoms with Crippen molar-refractivity contribution < 1.29 is 14.3 Å². The minimum Gasteiger partial charge on any atom is -0.375 e. The largest absolute Gasteiger partial charge is 0.375 e. The van der Waals surface area contributed by atoms with Crippen LogP contribution in [0.25, 0.3) is 0 Å². The summed E-state index contributed by atoms with van der Waals surface area (Å²) in [7, 11) is 1.55. The number of benzene rings is 2. The van der Waals surface area contributed by atoms with Gasteiger partial charge in [-0.3, -0.25) is 4.79 Å². The lowest BCUT2D eigenvalue weighted by Crippen LogP contribution is -2.47. The summed E-state index contributed by atoms with van der Waals surface area (Å²) >= 11 is 0. The zero-order valence-electron chi connectivity index (χ0n) is 14.6. The monoisotopic (exact) mass is 339 g/mol. The molecule has 0 aliphatic carbocycles. The lowest BCUT2D eigenvalue weighted by Gasteiger charge is -2.34. The van der Waals surface area contributed by atoms with E-state index >= 15 is 0 Å². The van der Waals surface area contributed by atoms with Gasteiger partial charge < -0.3 is 14.4 Å². The van der Waals surface area contributed by atoms with Crippen LogP contribution in [0.15, 0.2) is 60.7 Å². The number of methoxy groups -OCH3 is 1. The van der Waals surface area contributed by atoms with E-state index in [9.17, 15) is 4.79 Å². The molecule has 0 N–H and O–H groups in total. The van der Waals surface area contributed by atoms with Crippen molar-refractivity contribution in [3.8, 4) is 0 Å². The summed E-state index contributed by atoms with van der Waals surface area (Å²) in [5, 5.41) is 0. The van der Waals surface area contributed by atoms with Gasteiger partial charge in [0.1, 0.15) is 6.61 Å². The highest BCUT2D eigenvalue weighted by Gasteiger charge is 2.27. The summed E-state index contributed by atoms with van der Waals surface area (Å²) < 4.78 is 11.0. The van der Waals surface area contributed by atoms with Crippen LogP contribution in [0.1, 0.15) is 23.5 Å². The van der Waals surface area contributed by atoms with Gasteiger partial charge in [-0.15, -0.1) is 0 Å². The van der Waals surface area contributed by atoms with E-state index in [1.54, 1.807) is 7.11 Å². The van der Waals surface area contributed by atoms with Gasteiger partial charge in [0, 0.05) is 26.1 Å². The minimum absolute atomic E-state index is 0.0277. The number of ether oxygens (including phenoxy) is 2. The van der Waals surface area contributed by atoms with Gasteiger partial charge in [-0.2, -0.15) is 0 Å². The number of rotatable bonds is 6. The summed E-state index contributed by atoms with van der Waals surface area (Å²) in [6, 6.07) is 21.0. The number of hydrogen-bond donors (Lipinski definition) is 0. The minimum atomic E-state index is 0.0277. The predicted octanol–water partition coefficient (Wildman–Crippen LogP) is 3.08. The van der Waals surface area contributed by atoms with Crippen LogP contribution in [0, 0.1) is 0 Å². The Kier molecular flexibility index (Phi) is 6.20. The summed E-state index contributed by atoms with van der Waals surface area (Å²) in [6.07, 6.45) is 0.880. The van der Waals surface area contributed by atoms with Crippen molar-refractivity contribution in [1.82, 2.24) is 4.90 Å². The van der Waals surface area contributed by atoms with E-state index in [4.69, 9.17) is 9.47 Å². The van der Waals surface area contributed by atoms with Gasteiger partial charge in [-0.05, 0) is 17.5 Å². The van der Waals surface area contributed by atoms with Gasteiger partial charge >= 0.3 is 0 Å². The molecule has 1 fully saturated rings. The highest BCUT2D eigenvalue weighted by Crippen LogP contribution is 2.30. The van der Waals surface area contributed by atoms with Crippen molar-refractivity contribution in [3.63, 3.8) is 0 Å². The number of hydrogen-bond acceptors (Lipinski definition) is 3. The molecule has 3 rings (SSSR count). The molecule has 4 heteroatoms. The van der Waals surface area contributed by atoms with Gasteiger partial charge in [0.2, 0.25) is 5.91 Å². The molecule has 0 spiro atoms. The second kappa shape index (κ2) is 8.79. The summed E-state index contributed by atoms with van der Waals surface area (Å²) in [5.41, 5.74) is 2.55. The van der Waals surface area contributed by atoms with Crippen molar-refractivity contribution in [2.24, 2.45) is 0 Å². The molecule has 0 aromatic heterocycles. The first kappa shape index (κ1) is 17.6. The molecule has 1 saturated heterocycles. The summed E-state index contributed by atoms with van der Waals surface area (Å²) in [6.45, 7) is 1.97. The molecule has 1 atom stereocenters. The third kappa shape index (κ3) is 4.68. The molecule has 0 radical (unpaired) electrons. The molecule has 25 heavy (non-hydrogen) atoms. The number of nitrogens with zero attached hydrogens (tertiary/aromatic N) is 1. The van der Waals surface area contributed by atoms with Crippen LogP contribution in [0.5, 0.6) is 0 Å². The summed E-state index contributed by atoms with van der Waals surface area (Å²) in [4.78, 5) is 14.0. The van der Waals surface area contributed by atoms with Crippen LogP contribution in [-0.4, -0.2) is 50.3 Å². The Balaban J connectivity index is 1.75. The standard InChI is InChI=1S/C21H25NO3/c1-24-16-21(23)22-12-13-25-19(15-22)14-20(17-8-4-2-5-9-17)18-10-6-3-7-11-18/h2-11,19-20H,12-16H2,1H3/t19-/m0/s1. The van der Waals surface area contributed by atoms with E-state index < -0.39 is 0 Å². The van der Waals surface area contributed by atoms with Crippen molar-refractivity contribution in [2.45, 2.75) is 18.4 Å². The van der Waals surface area contributed by atoms with Crippen LogP contribution >= 0.6 is 0 Å². The first-order valence-electron chi connectivity index (χ1n) is 8.76. The highest BCUT2D eigenvalue weighted by atomic mass is 16.5. The molecule has 4 nitrogen and oxygen atoms in total. The van der Waals surface area contributed by atoms with Crippen LogP contribution < -0.4 is 0 Å². The quantitative estimate of drug-likeness (QED) is 0.812. The zero-order valence-corrected chi connectivity index (χ0v) is 14.6. The number of carbonyl (C=O) groups is 1. The van der Waals surface area contributed by atoms with Crippen LogP contribution in [0.3, 0.4) is 0 Å². The molecule has 0 unspecified atom stereocenters. The van der Waals surface area contributed by atoms with E-state index in [-0.39, 0.29) is 24.5 Å². The molecule has 1 heterocycles. The molecular formula is C21H25NO3. The van der Waals surface area contributed by atoms with Crippen LogP contribution in [-0.2, 0) is 14.3 Å². The maximum atomic E-state index is 12.1. The van der Waals surface area contributed by atoms with Gasteiger partial charge in [0.05, 0.1) is 12.7 Å². The van der Waals surface area contributed by atoms with Gasteiger partial charge in [0.25, 0.3) is 0 Å². The van der Waals surface area contributed by atoms with Gasteiger partial charge in [0.15, 0.2) is 0 Å². The van der Waals surface area contributed by atoms with Crippen molar-refractivity contribution in [2.75, 3.05) is 33.4 Å². The fourth-order valence-corrected chi connectivity index (χ4v) is 3.40. The van der Waals surface area contributed by atoms with E-state index in [0.29, 0.717) is 19.7 Å². The third-order valence-corrected chi connectivity index (χ3v) is 4.66. The molecule has 0 saturated carbocycles. The predicted molar refractivity (Wildman–Crippen MR) is 97.5 cm³/mol. The molecule has 2 aromatic carbocycles. The molecule has 1 aliphatic rings. The maximum absolute atomic E-state index is 12.1.